The Hall–Kier alpha value is -2.41. The molecule has 0 aromatic carbocycles. The quantitative estimate of drug-likeness (QED) is 0.714. The van der Waals surface area contributed by atoms with Crippen LogP contribution in [0, 0.1) is 0 Å². The van der Waals surface area contributed by atoms with E-state index in [9.17, 15) is 0 Å². The normalized spacial score (nSPS) is 10.3. The first kappa shape index (κ1) is 17.0. The summed E-state index contributed by atoms with van der Waals surface area (Å²) < 4.78 is 2.89. The lowest BCUT2D eigenvalue weighted by Crippen LogP contribution is -1.99. The van der Waals surface area contributed by atoms with Gasteiger partial charge in [0.05, 0.1) is 6.20 Å². The molecular formula is C16H19BrN6. The van der Waals surface area contributed by atoms with Gasteiger partial charge in [-0.2, -0.15) is 5.10 Å². The first-order valence-corrected chi connectivity index (χ1v) is 7.88. The van der Waals surface area contributed by atoms with Gasteiger partial charge in [-0.25, -0.2) is 9.97 Å². The third-order valence-electron chi connectivity index (χ3n) is 2.99. The number of nitrogens with two attached hydrogens (primary N) is 2. The maximum absolute atomic E-state index is 5.62. The largest absolute Gasteiger partial charge is 0.384 e. The van der Waals surface area contributed by atoms with Crippen LogP contribution in [-0.2, 0) is 0 Å². The highest BCUT2D eigenvalue weighted by Crippen LogP contribution is 2.20. The summed E-state index contributed by atoms with van der Waals surface area (Å²) >= 11 is 3.24. The van der Waals surface area contributed by atoms with E-state index in [-0.39, 0.29) is 0 Å². The van der Waals surface area contributed by atoms with Crippen molar-refractivity contribution in [3.8, 4) is 11.1 Å². The monoisotopic (exact) mass is 374 g/mol. The molecule has 0 fully saturated rings. The van der Waals surface area contributed by atoms with Crippen molar-refractivity contribution in [2.24, 2.45) is 0 Å². The van der Waals surface area contributed by atoms with Gasteiger partial charge in [-0.15, -0.1) is 0 Å². The standard InChI is InChI=1S/C11H14N4.C5H5BrN2/c1-8(2)15-7-10(6-14-15)9-3-4-13-11(12)5-9;6-4-1-2-8-5(7)3-4/h3-8H,1-2H3,(H2,12,13);1-3H,(H2,7,8). The minimum Gasteiger partial charge on any atom is -0.384 e. The summed E-state index contributed by atoms with van der Waals surface area (Å²) in [5.74, 6) is 1.07. The van der Waals surface area contributed by atoms with E-state index in [1.807, 2.05) is 35.3 Å². The first-order valence-electron chi connectivity index (χ1n) is 7.09. The Labute approximate surface area is 143 Å². The third kappa shape index (κ3) is 5.07. The lowest BCUT2D eigenvalue weighted by atomic mass is 10.1. The predicted molar refractivity (Wildman–Crippen MR) is 96.6 cm³/mol. The van der Waals surface area contributed by atoms with Gasteiger partial charge in [0.15, 0.2) is 0 Å². The van der Waals surface area contributed by atoms with Crippen LogP contribution in [0.25, 0.3) is 11.1 Å². The van der Waals surface area contributed by atoms with Gasteiger partial charge >= 0.3 is 0 Å². The fraction of sp³-hybridized carbons (Fsp3) is 0.188. The molecule has 3 aromatic heterocycles. The van der Waals surface area contributed by atoms with Crippen LogP contribution in [-0.4, -0.2) is 19.7 Å². The molecule has 3 aromatic rings. The molecule has 3 rings (SSSR count). The molecule has 6 nitrogen and oxygen atoms in total. The number of pyridine rings is 2. The molecule has 0 radical (unpaired) electrons. The fourth-order valence-corrected chi connectivity index (χ4v) is 2.17. The number of nitrogen functional groups attached to an aromatic ring is 2. The highest BCUT2D eigenvalue weighted by Gasteiger charge is 2.04. The molecule has 0 saturated heterocycles. The molecule has 0 saturated carbocycles. The van der Waals surface area contributed by atoms with Crippen LogP contribution in [0.3, 0.4) is 0 Å². The van der Waals surface area contributed by atoms with Gasteiger partial charge < -0.3 is 11.5 Å². The Morgan fingerprint density at radius 2 is 1.65 bits per heavy atom. The van der Waals surface area contributed by atoms with Crippen molar-refractivity contribution in [1.29, 1.82) is 0 Å². The maximum Gasteiger partial charge on any atom is 0.124 e. The molecule has 0 atom stereocenters. The summed E-state index contributed by atoms with van der Waals surface area (Å²) in [6.45, 7) is 4.19. The average Bonchev–Trinajstić information content (AvgIpc) is 2.98. The van der Waals surface area contributed by atoms with Crippen molar-refractivity contribution >= 4 is 27.6 Å². The van der Waals surface area contributed by atoms with E-state index in [2.05, 4.69) is 44.8 Å². The van der Waals surface area contributed by atoms with Crippen LogP contribution < -0.4 is 11.5 Å². The number of aromatic nitrogens is 4. The minimum atomic E-state index is 0.373. The summed E-state index contributed by atoms with van der Waals surface area (Å²) in [6.07, 6.45) is 7.21. The molecular weight excluding hydrogens is 356 g/mol. The topological polar surface area (TPSA) is 95.6 Å². The molecule has 120 valence electrons. The molecule has 0 bridgehead atoms. The van der Waals surface area contributed by atoms with Gasteiger partial charge in [-0.3, -0.25) is 4.68 Å². The van der Waals surface area contributed by atoms with Gasteiger partial charge in [-0.05, 0) is 43.7 Å². The van der Waals surface area contributed by atoms with Crippen molar-refractivity contribution in [2.45, 2.75) is 19.9 Å². The molecule has 7 heteroatoms. The van der Waals surface area contributed by atoms with Crippen molar-refractivity contribution in [2.75, 3.05) is 11.5 Å². The SMILES string of the molecule is CC(C)n1cc(-c2ccnc(N)c2)cn1.Nc1cc(Br)ccn1. The maximum atomic E-state index is 5.62. The Bertz CT molecular complexity index is 751. The second-order valence-corrected chi connectivity index (χ2v) is 6.09. The zero-order valence-electron chi connectivity index (χ0n) is 13.0. The summed E-state index contributed by atoms with van der Waals surface area (Å²) in [6, 6.07) is 7.73. The van der Waals surface area contributed by atoms with Crippen LogP contribution in [0.1, 0.15) is 19.9 Å². The second kappa shape index (κ2) is 7.73. The zero-order chi connectivity index (χ0) is 16.8. The molecule has 0 spiro atoms. The molecule has 0 aliphatic rings. The first-order chi connectivity index (χ1) is 11.0. The predicted octanol–water partition coefficient (Wildman–Crippen LogP) is 3.53. The summed E-state index contributed by atoms with van der Waals surface area (Å²) in [5, 5.41) is 4.28. The number of nitrogens with zero attached hydrogens (tertiary/aromatic N) is 4. The highest BCUT2D eigenvalue weighted by atomic mass is 79.9. The second-order valence-electron chi connectivity index (χ2n) is 5.17. The van der Waals surface area contributed by atoms with E-state index in [0.29, 0.717) is 17.7 Å². The van der Waals surface area contributed by atoms with Crippen LogP contribution in [0.4, 0.5) is 11.6 Å². The molecule has 0 unspecified atom stereocenters. The van der Waals surface area contributed by atoms with Gasteiger partial charge in [0.2, 0.25) is 0 Å². The molecule has 23 heavy (non-hydrogen) atoms. The average molecular weight is 375 g/mol. The number of hydrogen-bond acceptors (Lipinski definition) is 5. The smallest absolute Gasteiger partial charge is 0.124 e. The number of anilines is 2. The molecule has 0 aliphatic carbocycles. The van der Waals surface area contributed by atoms with E-state index < -0.39 is 0 Å². The molecule has 4 N–H and O–H groups in total. The fourth-order valence-electron chi connectivity index (χ4n) is 1.82. The van der Waals surface area contributed by atoms with Crippen molar-refractivity contribution in [1.82, 2.24) is 19.7 Å². The molecule has 0 amide bonds. The summed E-state index contributed by atoms with van der Waals surface area (Å²) in [7, 11) is 0. The Morgan fingerprint density at radius 3 is 2.13 bits per heavy atom. The van der Waals surface area contributed by atoms with Crippen molar-refractivity contribution in [3.05, 3.63) is 53.5 Å². The van der Waals surface area contributed by atoms with Crippen LogP contribution in [0.15, 0.2) is 53.5 Å². The number of hydrogen-bond donors (Lipinski definition) is 2. The van der Waals surface area contributed by atoms with Crippen LogP contribution in [0.2, 0.25) is 0 Å². The lowest BCUT2D eigenvalue weighted by Gasteiger charge is -2.03. The van der Waals surface area contributed by atoms with Gasteiger partial charge in [-0.1, -0.05) is 15.9 Å². The lowest BCUT2D eigenvalue weighted by molar-refractivity contribution is 0.532. The third-order valence-corrected chi connectivity index (χ3v) is 3.48. The Kier molecular flexibility index (Phi) is 5.70. The van der Waals surface area contributed by atoms with Crippen molar-refractivity contribution < 1.29 is 0 Å². The number of rotatable bonds is 2. The van der Waals surface area contributed by atoms with E-state index in [4.69, 9.17) is 11.5 Å². The summed E-state index contributed by atoms with van der Waals surface area (Å²) in [5.41, 5.74) is 13.1. The van der Waals surface area contributed by atoms with Gasteiger partial charge in [0.1, 0.15) is 11.6 Å². The van der Waals surface area contributed by atoms with Crippen LogP contribution in [0.5, 0.6) is 0 Å². The van der Waals surface area contributed by atoms with Crippen LogP contribution >= 0.6 is 15.9 Å². The van der Waals surface area contributed by atoms with E-state index >= 15 is 0 Å². The Morgan fingerprint density at radius 1 is 1.00 bits per heavy atom. The number of halogens is 1. The van der Waals surface area contributed by atoms with E-state index in [0.717, 1.165) is 15.6 Å². The van der Waals surface area contributed by atoms with E-state index in [1.165, 1.54) is 0 Å². The summed E-state index contributed by atoms with van der Waals surface area (Å²) in [4.78, 5) is 7.75. The van der Waals surface area contributed by atoms with Gasteiger partial charge in [0.25, 0.3) is 0 Å². The minimum absolute atomic E-state index is 0.373. The molecule has 0 aliphatic heterocycles. The van der Waals surface area contributed by atoms with Gasteiger partial charge in [0, 0.05) is 34.7 Å². The van der Waals surface area contributed by atoms with E-state index in [1.54, 1.807) is 18.5 Å². The highest BCUT2D eigenvalue weighted by molar-refractivity contribution is 9.10. The molecule has 3 heterocycles. The van der Waals surface area contributed by atoms with Crippen molar-refractivity contribution in [3.63, 3.8) is 0 Å². The zero-order valence-corrected chi connectivity index (χ0v) is 14.6. The Balaban J connectivity index is 0.000000203.